The maximum atomic E-state index is 13.0. The van der Waals surface area contributed by atoms with Gasteiger partial charge in [0.15, 0.2) is 0 Å². The Bertz CT molecular complexity index is 497. The number of carboxylic acids is 1. The first kappa shape index (κ1) is 15.6. The van der Waals surface area contributed by atoms with Gasteiger partial charge >= 0.3 is 12.1 Å². The highest BCUT2D eigenvalue weighted by molar-refractivity contribution is 5.66. The number of benzene rings is 1. The van der Waals surface area contributed by atoms with E-state index in [1.165, 1.54) is 12.1 Å². The molecule has 0 radical (unpaired) electrons. The monoisotopic (exact) mass is 302 g/mol. The van der Waals surface area contributed by atoms with Crippen molar-refractivity contribution < 1.29 is 23.1 Å². The van der Waals surface area contributed by atoms with E-state index in [2.05, 4.69) is 0 Å². The molecule has 1 aromatic rings. The van der Waals surface area contributed by atoms with E-state index in [1.807, 2.05) is 4.90 Å². The molecule has 1 saturated heterocycles. The Morgan fingerprint density at radius 1 is 1.14 bits per heavy atom. The van der Waals surface area contributed by atoms with Crippen LogP contribution in [0, 0.1) is 0 Å². The highest BCUT2D eigenvalue weighted by Crippen LogP contribution is 2.36. The molecule has 1 aromatic carbocycles. The molecular formula is C14H17F3N2O2. The van der Waals surface area contributed by atoms with Gasteiger partial charge in [-0.15, -0.1) is 0 Å². The highest BCUT2D eigenvalue weighted by Gasteiger charge is 2.35. The SMILES string of the molecule is O=C(O)CCN1CCN(c2ccccc2C(F)(F)F)CC1. The first-order valence-corrected chi connectivity index (χ1v) is 6.73. The normalized spacial score (nSPS) is 17.0. The Balaban J connectivity index is 2.01. The Morgan fingerprint density at radius 3 is 2.33 bits per heavy atom. The number of para-hydroxylation sites is 1. The molecular weight excluding hydrogens is 285 g/mol. The third kappa shape index (κ3) is 4.10. The lowest BCUT2D eigenvalue weighted by molar-refractivity contribution is -0.138. The molecule has 1 fully saturated rings. The third-order valence-electron chi connectivity index (χ3n) is 3.56. The quantitative estimate of drug-likeness (QED) is 0.927. The summed E-state index contributed by atoms with van der Waals surface area (Å²) < 4.78 is 39.0. The molecule has 0 unspecified atom stereocenters. The molecule has 0 aromatic heterocycles. The van der Waals surface area contributed by atoms with E-state index < -0.39 is 17.7 Å². The van der Waals surface area contributed by atoms with E-state index in [4.69, 9.17) is 5.11 Å². The lowest BCUT2D eigenvalue weighted by atomic mass is 10.1. The van der Waals surface area contributed by atoms with Crippen molar-refractivity contribution in [1.82, 2.24) is 4.90 Å². The van der Waals surface area contributed by atoms with E-state index >= 15 is 0 Å². The molecule has 2 rings (SSSR count). The largest absolute Gasteiger partial charge is 0.481 e. The number of halogens is 3. The molecule has 1 aliphatic rings. The van der Waals surface area contributed by atoms with Gasteiger partial charge in [-0.25, -0.2) is 0 Å². The second-order valence-corrected chi connectivity index (χ2v) is 4.99. The average molecular weight is 302 g/mol. The minimum absolute atomic E-state index is 0.0547. The van der Waals surface area contributed by atoms with Gasteiger partial charge in [-0.2, -0.15) is 13.2 Å². The minimum atomic E-state index is -4.36. The predicted molar refractivity (Wildman–Crippen MR) is 72.3 cm³/mol. The number of nitrogens with zero attached hydrogens (tertiary/aromatic N) is 2. The van der Waals surface area contributed by atoms with Gasteiger partial charge in [0.25, 0.3) is 0 Å². The Morgan fingerprint density at radius 2 is 1.76 bits per heavy atom. The van der Waals surface area contributed by atoms with Gasteiger partial charge in [-0.05, 0) is 12.1 Å². The number of carbonyl (C=O) groups is 1. The number of alkyl halides is 3. The second-order valence-electron chi connectivity index (χ2n) is 4.99. The predicted octanol–water partition coefficient (Wildman–Crippen LogP) is 2.30. The van der Waals surface area contributed by atoms with Crippen LogP contribution in [0.15, 0.2) is 24.3 Å². The second kappa shape index (κ2) is 6.34. The summed E-state index contributed by atoms with van der Waals surface area (Å²) >= 11 is 0. The van der Waals surface area contributed by atoms with E-state index in [0.717, 1.165) is 6.07 Å². The number of rotatable bonds is 4. The topological polar surface area (TPSA) is 43.8 Å². The van der Waals surface area contributed by atoms with Gasteiger partial charge in [0.1, 0.15) is 0 Å². The van der Waals surface area contributed by atoms with E-state index in [1.54, 1.807) is 11.0 Å². The Hall–Kier alpha value is -1.76. The minimum Gasteiger partial charge on any atom is -0.481 e. The van der Waals surface area contributed by atoms with Crippen molar-refractivity contribution >= 4 is 11.7 Å². The van der Waals surface area contributed by atoms with Gasteiger partial charge in [0, 0.05) is 38.4 Å². The molecule has 0 atom stereocenters. The van der Waals surface area contributed by atoms with Crippen molar-refractivity contribution in [2.45, 2.75) is 12.6 Å². The van der Waals surface area contributed by atoms with Gasteiger partial charge in [0.05, 0.1) is 12.0 Å². The summed E-state index contributed by atoms with van der Waals surface area (Å²) in [6.45, 7) is 2.50. The molecule has 0 spiro atoms. The number of piperazine rings is 1. The molecule has 4 nitrogen and oxygen atoms in total. The first-order valence-electron chi connectivity index (χ1n) is 6.73. The maximum Gasteiger partial charge on any atom is 0.418 e. The van der Waals surface area contributed by atoms with Crippen molar-refractivity contribution in [3.05, 3.63) is 29.8 Å². The summed E-state index contributed by atoms with van der Waals surface area (Å²) in [6, 6.07) is 5.55. The molecule has 0 amide bonds. The van der Waals surface area contributed by atoms with Crippen LogP contribution in [0.1, 0.15) is 12.0 Å². The zero-order valence-corrected chi connectivity index (χ0v) is 11.4. The Kier molecular flexibility index (Phi) is 4.72. The fourth-order valence-corrected chi connectivity index (χ4v) is 2.46. The smallest absolute Gasteiger partial charge is 0.418 e. The summed E-state index contributed by atoms with van der Waals surface area (Å²) in [4.78, 5) is 14.2. The van der Waals surface area contributed by atoms with Crippen LogP contribution in [0.4, 0.5) is 18.9 Å². The number of hydrogen-bond acceptors (Lipinski definition) is 3. The van der Waals surface area contributed by atoms with Crippen molar-refractivity contribution in [2.75, 3.05) is 37.6 Å². The lowest BCUT2D eigenvalue weighted by Gasteiger charge is -2.37. The molecule has 116 valence electrons. The first-order chi connectivity index (χ1) is 9.88. The summed E-state index contributed by atoms with van der Waals surface area (Å²) in [5.74, 6) is -0.861. The number of anilines is 1. The third-order valence-corrected chi connectivity index (χ3v) is 3.56. The Labute approximate surface area is 120 Å². The van der Waals surface area contributed by atoms with Crippen LogP contribution in [-0.2, 0) is 11.0 Å². The van der Waals surface area contributed by atoms with Crippen molar-refractivity contribution in [2.24, 2.45) is 0 Å². The van der Waals surface area contributed by atoms with E-state index in [0.29, 0.717) is 32.7 Å². The highest BCUT2D eigenvalue weighted by atomic mass is 19.4. The average Bonchev–Trinajstić information content (AvgIpc) is 2.45. The van der Waals surface area contributed by atoms with Gasteiger partial charge in [-0.3, -0.25) is 9.69 Å². The van der Waals surface area contributed by atoms with Crippen LogP contribution < -0.4 is 4.90 Å². The summed E-state index contributed by atoms with van der Waals surface area (Å²) in [6.07, 6.45) is -4.31. The molecule has 0 aliphatic carbocycles. The van der Waals surface area contributed by atoms with Gasteiger partial charge in [0.2, 0.25) is 0 Å². The van der Waals surface area contributed by atoms with Crippen molar-refractivity contribution in [3.63, 3.8) is 0 Å². The molecule has 1 heterocycles. The molecule has 0 bridgehead atoms. The lowest BCUT2D eigenvalue weighted by Crippen LogP contribution is -2.47. The van der Waals surface area contributed by atoms with E-state index in [-0.39, 0.29) is 12.1 Å². The molecule has 1 N–H and O–H groups in total. The summed E-state index contributed by atoms with van der Waals surface area (Å²) in [7, 11) is 0. The fourth-order valence-electron chi connectivity index (χ4n) is 2.46. The number of aliphatic carboxylic acids is 1. The van der Waals surface area contributed by atoms with Crippen LogP contribution >= 0.6 is 0 Å². The van der Waals surface area contributed by atoms with Crippen LogP contribution in [0.3, 0.4) is 0 Å². The van der Waals surface area contributed by atoms with Gasteiger partial charge in [-0.1, -0.05) is 12.1 Å². The van der Waals surface area contributed by atoms with Crippen molar-refractivity contribution in [3.8, 4) is 0 Å². The molecule has 21 heavy (non-hydrogen) atoms. The van der Waals surface area contributed by atoms with Crippen LogP contribution in [0.2, 0.25) is 0 Å². The zero-order valence-electron chi connectivity index (χ0n) is 11.4. The number of carboxylic acid groups (broad SMARTS) is 1. The van der Waals surface area contributed by atoms with Crippen molar-refractivity contribution in [1.29, 1.82) is 0 Å². The fraction of sp³-hybridized carbons (Fsp3) is 0.500. The summed E-state index contributed by atoms with van der Waals surface area (Å²) in [5.41, 5.74) is -0.424. The van der Waals surface area contributed by atoms with Crippen LogP contribution in [-0.4, -0.2) is 48.7 Å². The molecule has 0 saturated carbocycles. The standard InChI is InChI=1S/C14H17F3N2O2/c15-14(16,17)11-3-1-2-4-12(11)19-9-7-18(8-10-19)6-5-13(20)21/h1-4H,5-10H2,(H,20,21). The number of hydrogen-bond donors (Lipinski definition) is 1. The van der Waals surface area contributed by atoms with Crippen LogP contribution in [0.25, 0.3) is 0 Å². The van der Waals surface area contributed by atoms with Gasteiger partial charge < -0.3 is 10.0 Å². The zero-order chi connectivity index (χ0) is 15.5. The van der Waals surface area contributed by atoms with E-state index in [9.17, 15) is 18.0 Å². The summed E-state index contributed by atoms with van der Waals surface area (Å²) in [5, 5.41) is 8.64. The maximum absolute atomic E-state index is 13.0. The molecule has 1 aliphatic heterocycles. The van der Waals surface area contributed by atoms with Crippen LogP contribution in [0.5, 0.6) is 0 Å². The molecule has 7 heteroatoms.